The fourth-order valence-corrected chi connectivity index (χ4v) is 5.92. The zero-order valence-corrected chi connectivity index (χ0v) is 18.4. The maximum absolute atomic E-state index is 14.3. The first kappa shape index (κ1) is 21.1. The number of rotatable bonds is 5. The molecular weight excluding hydrogens is 416 g/mol. The van der Waals surface area contributed by atoms with Crippen LogP contribution in [-0.2, 0) is 4.74 Å². The Morgan fingerprint density at radius 2 is 1.74 bits per heavy atom. The molecule has 5 rings (SSSR count). The Kier molecular flexibility index (Phi) is 6.12. The third-order valence-corrected chi connectivity index (χ3v) is 7.51. The predicted octanol–water partition coefficient (Wildman–Crippen LogP) is 4.02. The molecule has 1 fully saturated rings. The third kappa shape index (κ3) is 4.43. The van der Waals surface area contributed by atoms with Crippen molar-refractivity contribution >= 4 is 11.9 Å². The number of ether oxygens (including phenoxy) is 1. The van der Waals surface area contributed by atoms with E-state index in [0.717, 1.165) is 38.7 Å². The van der Waals surface area contributed by atoms with Crippen molar-refractivity contribution < 1.29 is 13.5 Å². The number of nitrogens with one attached hydrogen (secondary N) is 1. The first-order chi connectivity index (χ1) is 15.1. The molecule has 31 heavy (non-hydrogen) atoms. The zero-order chi connectivity index (χ0) is 21.4. The van der Waals surface area contributed by atoms with Crippen LogP contribution in [0.1, 0.15) is 18.1 Å². The van der Waals surface area contributed by atoms with Gasteiger partial charge in [-0.05, 0) is 66.9 Å². The van der Waals surface area contributed by atoms with Gasteiger partial charge in [-0.25, -0.2) is 13.1 Å². The molecule has 1 saturated heterocycles. The van der Waals surface area contributed by atoms with Crippen molar-refractivity contribution in [3.8, 4) is 0 Å². The van der Waals surface area contributed by atoms with E-state index in [-0.39, 0.29) is 12.1 Å². The topological polar surface area (TPSA) is 27.7 Å². The van der Waals surface area contributed by atoms with Crippen LogP contribution in [0.15, 0.2) is 64.6 Å². The van der Waals surface area contributed by atoms with Gasteiger partial charge in [-0.2, -0.15) is 0 Å². The lowest BCUT2D eigenvalue weighted by Gasteiger charge is -2.40. The largest absolute Gasteiger partial charge is 0.370 e. The summed E-state index contributed by atoms with van der Waals surface area (Å²) in [5.74, 6) is -0.849. The summed E-state index contributed by atoms with van der Waals surface area (Å²) in [5, 5.41) is 3.27. The molecule has 0 aromatic heterocycles. The molecule has 0 aliphatic carbocycles. The molecular formula is C24H27F2N3OS. The lowest BCUT2D eigenvalue weighted by molar-refractivity contribution is -0.0539. The average Bonchev–Trinajstić information content (AvgIpc) is 3.34. The first-order valence-corrected chi connectivity index (χ1v) is 11.5. The van der Waals surface area contributed by atoms with Crippen molar-refractivity contribution in [2.45, 2.75) is 29.5 Å². The van der Waals surface area contributed by atoms with E-state index in [1.54, 1.807) is 0 Å². The molecule has 0 bridgehead atoms. The van der Waals surface area contributed by atoms with Gasteiger partial charge in [0.2, 0.25) is 0 Å². The van der Waals surface area contributed by atoms with Crippen LogP contribution < -0.4 is 5.32 Å². The van der Waals surface area contributed by atoms with Crippen molar-refractivity contribution in [2.75, 3.05) is 39.8 Å². The summed E-state index contributed by atoms with van der Waals surface area (Å²) in [5.41, 5.74) is 3.33. The van der Waals surface area contributed by atoms with Crippen molar-refractivity contribution in [2.24, 2.45) is 0 Å². The minimum absolute atomic E-state index is 0.0596. The smallest absolute Gasteiger partial charge is 0.129 e. The van der Waals surface area contributed by atoms with Crippen molar-refractivity contribution in [3.63, 3.8) is 0 Å². The van der Waals surface area contributed by atoms with E-state index in [4.69, 9.17) is 4.74 Å². The molecule has 0 saturated carbocycles. The van der Waals surface area contributed by atoms with Gasteiger partial charge in [-0.15, -0.1) is 0 Å². The molecule has 3 atom stereocenters. The van der Waals surface area contributed by atoms with Gasteiger partial charge < -0.3 is 10.1 Å². The monoisotopic (exact) mass is 443 g/mol. The molecule has 7 heteroatoms. The number of hydrogen-bond donors (Lipinski definition) is 1. The van der Waals surface area contributed by atoms with E-state index in [9.17, 15) is 8.78 Å². The average molecular weight is 444 g/mol. The van der Waals surface area contributed by atoms with Gasteiger partial charge in [-0.1, -0.05) is 18.2 Å². The highest BCUT2D eigenvalue weighted by Gasteiger charge is 2.39. The molecule has 3 aliphatic rings. The Bertz CT molecular complexity index is 953. The molecule has 0 amide bonds. The predicted molar refractivity (Wildman–Crippen MR) is 119 cm³/mol. The molecule has 1 N–H and O–H groups in total. The lowest BCUT2D eigenvalue weighted by Crippen LogP contribution is -2.50. The van der Waals surface area contributed by atoms with Crippen LogP contribution in [0.2, 0.25) is 0 Å². The Morgan fingerprint density at radius 3 is 2.45 bits per heavy atom. The summed E-state index contributed by atoms with van der Waals surface area (Å²) < 4.78 is 36.5. The molecule has 0 radical (unpaired) electrons. The number of nitrogens with zero attached hydrogens (tertiary/aromatic N) is 2. The fraction of sp³-hybridized carbons (Fsp3) is 0.417. The highest BCUT2D eigenvalue weighted by Crippen LogP contribution is 2.37. The molecule has 4 nitrogen and oxygen atoms in total. The van der Waals surface area contributed by atoms with E-state index in [1.165, 1.54) is 28.2 Å². The third-order valence-electron chi connectivity index (χ3n) is 6.51. The number of hydrogen-bond acceptors (Lipinski definition) is 5. The second-order valence-electron chi connectivity index (χ2n) is 8.52. The Hall–Kier alpha value is -1.77. The quantitative estimate of drug-likeness (QED) is 0.557. The van der Waals surface area contributed by atoms with Gasteiger partial charge in [-0.3, -0.25) is 4.90 Å². The number of benzene rings is 2. The van der Waals surface area contributed by atoms with Crippen molar-refractivity contribution in [1.29, 1.82) is 0 Å². The normalized spacial score (nSPS) is 27.1. The zero-order valence-electron chi connectivity index (χ0n) is 17.6. The summed E-state index contributed by atoms with van der Waals surface area (Å²) in [6.45, 7) is 4.44. The molecule has 164 valence electrons. The van der Waals surface area contributed by atoms with Gasteiger partial charge in [0.15, 0.2) is 0 Å². The van der Waals surface area contributed by atoms with Crippen molar-refractivity contribution in [1.82, 2.24) is 14.5 Å². The Morgan fingerprint density at radius 1 is 1.00 bits per heavy atom. The molecule has 3 aliphatic heterocycles. The lowest BCUT2D eigenvalue weighted by atomic mass is 9.92. The SMILES string of the molecule is CNC1CC(N2CC3=C(CN(Sc4ccccc4)C3)C2)CO[C@@H]1c1cc(F)ccc1F. The highest BCUT2D eigenvalue weighted by atomic mass is 32.2. The van der Waals surface area contributed by atoms with E-state index in [1.807, 2.05) is 25.1 Å². The van der Waals surface area contributed by atoms with E-state index < -0.39 is 17.7 Å². The summed E-state index contributed by atoms with van der Waals surface area (Å²) in [6, 6.07) is 14.3. The van der Waals surface area contributed by atoms with Crippen molar-refractivity contribution in [3.05, 3.63) is 76.9 Å². The fourth-order valence-electron chi connectivity index (χ4n) is 4.91. The molecule has 2 unspecified atom stereocenters. The maximum Gasteiger partial charge on any atom is 0.129 e. The van der Waals surface area contributed by atoms with Crippen LogP contribution in [0.5, 0.6) is 0 Å². The second-order valence-corrected chi connectivity index (χ2v) is 9.69. The second kappa shape index (κ2) is 9.00. The standard InChI is InChI=1S/C24H27F2N3OS/c1-27-23-10-19(15-30-24(23)21-9-18(25)7-8-22(21)26)28-11-16-13-29(14-17(16)12-28)31-20-5-3-2-4-6-20/h2-9,19,23-24,27H,10-15H2,1H3/t19?,23?,24-/m1/s1. The summed E-state index contributed by atoms with van der Waals surface area (Å²) in [4.78, 5) is 3.76. The highest BCUT2D eigenvalue weighted by molar-refractivity contribution is 7.97. The van der Waals surface area contributed by atoms with Gasteiger partial charge >= 0.3 is 0 Å². The van der Waals surface area contributed by atoms with Gasteiger partial charge in [0, 0.05) is 48.7 Å². The van der Waals surface area contributed by atoms with Crippen LogP contribution in [0.3, 0.4) is 0 Å². The van der Waals surface area contributed by atoms with E-state index in [0.29, 0.717) is 12.2 Å². The van der Waals surface area contributed by atoms with Crippen LogP contribution in [0, 0.1) is 11.6 Å². The van der Waals surface area contributed by atoms with Crippen LogP contribution in [-0.4, -0.2) is 61.1 Å². The van der Waals surface area contributed by atoms with Gasteiger partial charge in [0.25, 0.3) is 0 Å². The summed E-state index contributed by atoms with van der Waals surface area (Å²) in [6.07, 6.45) is 0.372. The van der Waals surface area contributed by atoms with Crippen LogP contribution >= 0.6 is 11.9 Å². The maximum atomic E-state index is 14.3. The molecule has 3 heterocycles. The van der Waals surface area contributed by atoms with E-state index in [2.05, 4.69) is 38.8 Å². The summed E-state index contributed by atoms with van der Waals surface area (Å²) in [7, 11) is 1.86. The molecule has 2 aromatic carbocycles. The van der Waals surface area contributed by atoms with Crippen LogP contribution in [0.4, 0.5) is 8.78 Å². The van der Waals surface area contributed by atoms with Gasteiger partial charge in [0.05, 0.1) is 6.61 Å². The minimum Gasteiger partial charge on any atom is -0.370 e. The van der Waals surface area contributed by atoms with Gasteiger partial charge in [0.1, 0.15) is 17.7 Å². The minimum atomic E-state index is -0.475. The Balaban J connectivity index is 1.19. The van der Waals surface area contributed by atoms with Crippen LogP contribution in [0.25, 0.3) is 0 Å². The number of likely N-dealkylation sites (N-methyl/N-ethyl adjacent to an activating group) is 1. The molecule has 2 aromatic rings. The Labute approximate surface area is 186 Å². The first-order valence-electron chi connectivity index (χ1n) is 10.8. The summed E-state index contributed by atoms with van der Waals surface area (Å²) >= 11 is 1.82. The molecule has 0 spiro atoms. The number of halogens is 2. The van der Waals surface area contributed by atoms with E-state index >= 15 is 0 Å².